The van der Waals surface area contributed by atoms with Gasteiger partial charge in [0.2, 0.25) is 0 Å². The van der Waals surface area contributed by atoms with Crippen molar-refractivity contribution in [2.45, 2.75) is 0 Å². The minimum atomic E-state index is -0.353. The molecule has 1 heterocycles. The fourth-order valence-electron chi connectivity index (χ4n) is 1.90. The molecule has 5 heteroatoms. The van der Waals surface area contributed by atoms with Crippen LogP contribution >= 0.6 is 0 Å². The molecule has 0 aliphatic carbocycles. The Bertz CT molecular complexity index is 749. The Morgan fingerprint density at radius 2 is 1.71 bits per heavy atom. The number of nitro groups is 1. The molecule has 4 nitrogen and oxygen atoms in total. The molecule has 0 bridgehead atoms. The molecule has 0 amide bonds. The number of anilines is 1. The second kappa shape index (κ2) is 3.58. The quantitative estimate of drug-likeness (QED) is 0.324. The van der Waals surface area contributed by atoms with Crippen LogP contribution in [0.3, 0.4) is 0 Å². The summed E-state index contributed by atoms with van der Waals surface area (Å²) in [5, 5.41) is 13.0. The van der Waals surface area contributed by atoms with Gasteiger partial charge in [-0.2, -0.15) is 0 Å². The predicted octanol–water partition coefficient (Wildman–Crippen LogP) is 2.54. The van der Waals surface area contributed by atoms with Gasteiger partial charge >= 0.3 is 102 Å². The van der Waals surface area contributed by atoms with E-state index in [1.165, 1.54) is 4.26 Å². The molecule has 0 saturated heterocycles. The number of fused-ring (bicyclic) bond motifs is 3. The predicted molar refractivity (Wildman–Crippen MR) is 69.5 cm³/mol. The Labute approximate surface area is 103 Å². The van der Waals surface area contributed by atoms with Gasteiger partial charge in [-0.3, -0.25) is 0 Å². The van der Waals surface area contributed by atoms with Gasteiger partial charge in [0.15, 0.2) is 0 Å². The van der Waals surface area contributed by atoms with Crippen LogP contribution in [0.2, 0.25) is 0 Å². The molecule has 0 spiro atoms. The minimum absolute atomic E-state index is 0.117. The third kappa shape index (κ3) is 1.60. The van der Waals surface area contributed by atoms with Gasteiger partial charge in [0.1, 0.15) is 0 Å². The molecule has 3 aromatic rings. The van der Waals surface area contributed by atoms with E-state index in [4.69, 9.17) is 5.73 Å². The standard InChI is InChI=1S/C12H8N2O2Se/c13-7-1-3-9-10-4-2-8(14(15)16)6-12(10)17-11(9)5-7/h1-6H,13H2. The van der Waals surface area contributed by atoms with Gasteiger partial charge in [-0.25, -0.2) is 0 Å². The van der Waals surface area contributed by atoms with Crippen molar-refractivity contribution < 1.29 is 4.92 Å². The fraction of sp³-hybridized carbons (Fsp3) is 0. The van der Waals surface area contributed by atoms with Gasteiger partial charge in [0.05, 0.1) is 0 Å². The zero-order valence-corrected chi connectivity index (χ0v) is 10.4. The normalized spacial score (nSPS) is 11.1. The van der Waals surface area contributed by atoms with E-state index in [2.05, 4.69) is 0 Å². The summed E-state index contributed by atoms with van der Waals surface area (Å²) in [5.74, 6) is 0. The van der Waals surface area contributed by atoms with E-state index >= 15 is 0 Å². The van der Waals surface area contributed by atoms with Gasteiger partial charge in [0, 0.05) is 0 Å². The topological polar surface area (TPSA) is 69.2 Å². The second-order valence-corrected chi connectivity index (χ2v) is 6.07. The number of hydrogen-bond acceptors (Lipinski definition) is 3. The van der Waals surface area contributed by atoms with Crippen LogP contribution in [-0.2, 0) is 0 Å². The first-order valence-electron chi connectivity index (χ1n) is 5.01. The van der Waals surface area contributed by atoms with Gasteiger partial charge in [0.25, 0.3) is 0 Å². The third-order valence-corrected chi connectivity index (χ3v) is 5.03. The van der Waals surface area contributed by atoms with Crippen molar-refractivity contribution >= 4 is 45.2 Å². The molecule has 3 rings (SSSR count). The van der Waals surface area contributed by atoms with Gasteiger partial charge in [-0.05, 0) is 0 Å². The molecule has 0 unspecified atom stereocenters. The van der Waals surface area contributed by atoms with Crippen molar-refractivity contribution in [3.63, 3.8) is 0 Å². The molecule has 2 N–H and O–H groups in total. The second-order valence-electron chi connectivity index (χ2n) is 3.80. The van der Waals surface area contributed by atoms with Crippen molar-refractivity contribution in [3.8, 4) is 0 Å². The van der Waals surface area contributed by atoms with Crippen LogP contribution < -0.4 is 5.73 Å². The van der Waals surface area contributed by atoms with Gasteiger partial charge in [-0.1, -0.05) is 0 Å². The fourth-order valence-corrected chi connectivity index (χ4v) is 4.39. The van der Waals surface area contributed by atoms with Crippen molar-refractivity contribution in [2.75, 3.05) is 5.73 Å². The number of nitrogens with zero attached hydrogens (tertiary/aromatic N) is 1. The average molecular weight is 291 g/mol. The van der Waals surface area contributed by atoms with Gasteiger partial charge < -0.3 is 0 Å². The molecule has 0 aliphatic rings. The van der Waals surface area contributed by atoms with E-state index in [0.717, 1.165) is 20.7 Å². The molecular weight excluding hydrogens is 283 g/mol. The first-order valence-corrected chi connectivity index (χ1v) is 6.72. The Balaban J connectivity index is 2.38. The van der Waals surface area contributed by atoms with Crippen molar-refractivity contribution in [2.24, 2.45) is 0 Å². The summed E-state index contributed by atoms with van der Waals surface area (Å²) < 4.78 is 2.26. The van der Waals surface area contributed by atoms with E-state index in [-0.39, 0.29) is 25.1 Å². The molecule has 0 atom stereocenters. The molecule has 1 aromatic heterocycles. The zero-order chi connectivity index (χ0) is 12.0. The summed E-state index contributed by atoms with van der Waals surface area (Å²) in [4.78, 5) is 10.4. The summed E-state index contributed by atoms with van der Waals surface area (Å²) in [5.41, 5.74) is 6.65. The summed E-state index contributed by atoms with van der Waals surface area (Å²) in [6.45, 7) is 0. The van der Waals surface area contributed by atoms with E-state index in [1.54, 1.807) is 12.1 Å². The SMILES string of the molecule is Nc1ccc2c(c1)[se]c1cc([N+](=O)[O-])ccc12. The van der Waals surface area contributed by atoms with E-state index < -0.39 is 0 Å². The van der Waals surface area contributed by atoms with E-state index in [1.807, 2.05) is 24.3 Å². The van der Waals surface area contributed by atoms with Crippen LogP contribution in [0.4, 0.5) is 11.4 Å². The number of nitrogens with two attached hydrogens (primary N) is 1. The van der Waals surface area contributed by atoms with E-state index in [9.17, 15) is 10.1 Å². The average Bonchev–Trinajstić information content (AvgIpc) is 2.64. The van der Waals surface area contributed by atoms with Crippen molar-refractivity contribution in [3.05, 3.63) is 46.5 Å². The van der Waals surface area contributed by atoms with Crippen LogP contribution in [0.15, 0.2) is 36.4 Å². The molecule has 0 fully saturated rings. The maximum absolute atomic E-state index is 10.7. The summed E-state index contributed by atoms with van der Waals surface area (Å²) >= 11 is 0.117. The van der Waals surface area contributed by atoms with Crippen molar-refractivity contribution in [1.82, 2.24) is 0 Å². The van der Waals surface area contributed by atoms with Crippen LogP contribution in [0.1, 0.15) is 0 Å². The number of hydrogen-bond donors (Lipinski definition) is 1. The number of benzene rings is 2. The van der Waals surface area contributed by atoms with Crippen LogP contribution in [0.5, 0.6) is 0 Å². The number of nitrogen functional groups attached to an aromatic ring is 1. The maximum atomic E-state index is 10.7. The van der Waals surface area contributed by atoms with Crippen LogP contribution in [-0.4, -0.2) is 19.4 Å². The molecule has 0 aliphatic heterocycles. The molecule has 2 aromatic carbocycles. The third-order valence-electron chi connectivity index (χ3n) is 2.69. The number of rotatable bonds is 1. The molecule has 0 radical (unpaired) electrons. The Kier molecular flexibility index (Phi) is 2.18. The first kappa shape index (κ1) is 10.3. The van der Waals surface area contributed by atoms with Crippen LogP contribution in [0.25, 0.3) is 19.3 Å². The molecular formula is C12H8N2O2Se. The zero-order valence-electron chi connectivity index (χ0n) is 8.71. The monoisotopic (exact) mass is 292 g/mol. The molecule has 84 valence electrons. The summed E-state index contributed by atoms with van der Waals surface area (Å²) in [7, 11) is 0. The summed E-state index contributed by atoms with van der Waals surface area (Å²) in [6.07, 6.45) is 0. The summed E-state index contributed by atoms with van der Waals surface area (Å²) in [6, 6.07) is 10.9. The van der Waals surface area contributed by atoms with Gasteiger partial charge in [-0.15, -0.1) is 0 Å². The molecule has 17 heavy (non-hydrogen) atoms. The van der Waals surface area contributed by atoms with Crippen molar-refractivity contribution in [1.29, 1.82) is 0 Å². The van der Waals surface area contributed by atoms with Crippen LogP contribution in [0, 0.1) is 10.1 Å². The Hall–Kier alpha value is -1.84. The molecule has 0 saturated carbocycles. The Morgan fingerprint density at radius 3 is 2.41 bits per heavy atom. The van der Waals surface area contributed by atoms with E-state index in [0.29, 0.717) is 0 Å². The number of non-ortho nitro benzene ring substituents is 1. The number of nitro benzene ring substituents is 1. The first-order chi connectivity index (χ1) is 8.15. The Morgan fingerprint density at radius 1 is 1.06 bits per heavy atom.